The van der Waals surface area contributed by atoms with Gasteiger partial charge in [0.25, 0.3) is 0 Å². The van der Waals surface area contributed by atoms with Crippen molar-refractivity contribution in [1.82, 2.24) is 9.97 Å². The number of nitrogens with one attached hydrogen (secondary N) is 1. The van der Waals surface area contributed by atoms with Gasteiger partial charge in [-0.3, -0.25) is 0 Å². The molecule has 1 fully saturated rings. The summed E-state index contributed by atoms with van der Waals surface area (Å²) >= 11 is 0. The summed E-state index contributed by atoms with van der Waals surface area (Å²) in [7, 11) is 0. The van der Waals surface area contributed by atoms with Crippen molar-refractivity contribution in [2.24, 2.45) is 0 Å². The highest BCUT2D eigenvalue weighted by Gasteiger charge is 2.42. The third kappa shape index (κ3) is 2.45. The zero-order valence-electron chi connectivity index (χ0n) is 14.2. The van der Waals surface area contributed by atoms with Crippen LogP contribution < -0.4 is 10.2 Å². The van der Waals surface area contributed by atoms with Crippen LogP contribution in [0.1, 0.15) is 35.2 Å². The van der Waals surface area contributed by atoms with Crippen molar-refractivity contribution in [3.63, 3.8) is 0 Å². The first-order valence-corrected chi connectivity index (χ1v) is 8.81. The lowest BCUT2D eigenvalue weighted by atomic mass is 9.99. The molecule has 2 aliphatic rings. The highest BCUT2D eigenvalue weighted by molar-refractivity contribution is 5.58. The van der Waals surface area contributed by atoms with E-state index in [0.717, 1.165) is 23.7 Å². The first-order chi connectivity index (χ1) is 12.3. The number of para-hydroxylation sites is 1. The minimum absolute atomic E-state index is 0.445. The van der Waals surface area contributed by atoms with Gasteiger partial charge in [0.2, 0.25) is 5.95 Å². The molecule has 2 atom stereocenters. The molecule has 124 valence electrons. The van der Waals surface area contributed by atoms with Gasteiger partial charge in [0.15, 0.2) is 0 Å². The Kier molecular flexibility index (Phi) is 3.23. The van der Waals surface area contributed by atoms with Gasteiger partial charge >= 0.3 is 0 Å². The fourth-order valence-corrected chi connectivity index (χ4v) is 4.20. The van der Waals surface area contributed by atoms with Gasteiger partial charge in [0.05, 0.1) is 6.04 Å². The summed E-state index contributed by atoms with van der Waals surface area (Å²) in [6, 6.07) is 21.5. The molecule has 1 aromatic heterocycles. The Labute approximate surface area is 147 Å². The molecule has 1 saturated heterocycles. The van der Waals surface area contributed by atoms with Crippen molar-refractivity contribution < 1.29 is 0 Å². The van der Waals surface area contributed by atoms with E-state index in [2.05, 4.69) is 45.5 Å². The normalized spacial score (nSPS) is 20.6. The van der Waals surface area contributed by atoms with Gasteiger partial charge in [-0.25, -0.2) is 4.98 Å². The van der Waals surface area contributed by atoms with E-state index in [1.807, 2.05) is 37.3 Å². The molecule has 1 N–H and O–H groups in total. The van der Waals surface area contributed by atoms with E-state index in [1.165, 1.54) is 17.5 Å². The largest absolute Gasteiger partial charge is 0.349 e. The average molecular weight is 328 g/mol. The number of aryl methyl sites for hydroxylation is 1. The van der Waals surface area contributed by atoms with E-state index in [9.17, 15) is 0 Å². The summed E-state index contributed by atoms with van der Waals surface area (Å²) < 4.78 is 0. The predicted molar refractivity (Wildman–Crippen MR) is 100 cm³/mol. The SMILES string of the molecule is Cc1cc(N2C[C@H]3C[C@H]2c2ccccc23)nc(Nc2ccccc2)n1. The molecule has 0 unspecified atom stereocenters. The van der Waals surface area contributed by atoms with Crippen LogP contribution in [0.5, 0.6) is 0 Å². The van der Waals surface area contributed by atoms with Crippen LogP contribution in [0.4, 0.5) is 17.5 Å². The summed E-state index contributed by atoms with van der Waals surface area (Å²) in [5.41, 5.74) is 4.98. The number of hydrogen-bond donors (Lipinski definition) is 1. The standard InChI is InChI=1S/C21H20N4/c1-14-11-20(24-21(22-14)23-16-7-3-2-4-8-16)25-13-15-12-19(25)18-10-6-5-9-17(15)18/h2-11,15,19H,12-13H2,1H3,(H,22,23,24)/t15-,19+/m1/s1. The highest BCUT2D eigenvalue weighted by atomic mass is 15.3. The molecule has 0 radical (unpaired) electrons. The predicted octanol–water partition coefficient (Wildman–Crippen LogP) is 4.58. The molecule has 2 aromatic carbocycles. The fourth-order valence-electron chi connectivity index (χ4n) is 4.20. The molecule has 4 heteroatoms. The van der Waals surface area contributed by atoms with Gasteiger partial charge in [-0.1, -0.05) is 42.5 Å². The van der Waals surface area contributed by atoms with E-state index >= 15 is 0 Å². The average Bonchev–Trinajstić information content (AvgIpc) is 3.22. The zero-order valence-corrected chi connectivity index (χ0v) is 14.2. The Hall–Kier alpha value is -2.88. The first-order valence-electron chi connectivity index (χ1n) is 8.81. The molecule has 0 saturated carbocycles. The molecule has 2 bridgehead atoms. The summed E-state index contributed by atoms with van der Waals surface area (Å²) in [6.07, 6.45) is 1.20. The van der Waals surface area contributed by atoms with E-state index in [4.69, 9.17) is 4.98 Å². The zero-order chi connectivity index (χ0) is 16.8. The summed E-state index contributed by atoms with van der Waals surface area (Å²) in [4.78, 5) is 11.8. The lowest BCUT2D eigenvalue weighted by Gasteiger charge is -2.30. The van der Waals surface area contributed by atoms with E-state index in [0.29, 0.717) is 17.9 Å². The quantitative estimate of drug-likeness (QED) is 0.764. The summed E-state index contributed by atoms with van der Waals surface area (Å²) in [5, 5.41) is 3.32. The molecule has 4 nitrogen and oxygen atoms in total. The number of benzene rings is 2. The number of nitrogens with zero attached hydrogens (tertiary/aromatic N) is 3. The van der Waals surface area contributed by atoms with Crippen LogP contribution in [-0.2, 0) is 0 Å². The Morgan fingerprint density at radius 1 is 0.960 bits per heavy atom. The highest BCUT2D eigenvalue weighted by Crippen LogP contribution is 2.51. The number of fused-ring (bicyclic) bond motifs is 5. The van der Waals surface area contributed by atoms with Crippen molar-refractivity contribution in [2.45, 2.75) is 25.3 Å². The second-order valence-corrected chi connectivity index (χ2v) is 6.91. The Balaban J connectivity index is 1.48. The second kappa shape index (κ2) is 5.59. The van der Waals surface area contributed by atoms with Crippen molar-refractivity contribution in [3.05, 3.63) is 77.5 Å². The molecule has 0 amide bonds. The number of anilines is 3. The lowest BCUT2D eigenvalue weighted by molar-refractivity contribution is 0.728. The van der Waals surface area contributed by atoms with Crippen LogP contribution in [0.3, 0.4) is 0 Å². The van der Waals surface area contributed by atoms with E-state index in [1.54, 1.807) is 0 Å². The maximum absolute atomic E-state index is 4.81. The van der Waals surface area contributed by atoms with Gasteiger partial charge in [0.1, 0.15) is 5.82 Å². The van der Waals surface area contributed by atoms with Crippen LogP contribution in [0.2, 0.25) is 0 Å². The summed E-state index contributed by atoms with van der Waals surface area (Å²) in [5.74, 6) is 2.31. The molecular formula is C21H20N4. The Morgan fingerprint density at radius 3 is 2.56 bits per heavy atom. The van der Waals surface area contributed by atoms with Crippen molar-refractivity contribution in [2.75, 3.05) is 16.8 Å². The second-order valence-electron chi connectivity index (χ2n) is 6.91. The van der Waals surface area contributed by atoms with Crippen molar-refractivity contribution >= 4 is 17.5 Å². The van der Waals surface area contributed by atoms with Crippen molar-refractivity contribution in [1.29, 1.82) is 0 Å². The van der Waals surface area contributed by atoms with Gasteiger partial charge in [-0.05, 0) is 36.6 Å². The van der Waals surface area contributed by atoms with Crippen LogP contribution >= 0.6 is 0 Å². The summed E-state index contributed by atoms with van der Waals surface area (Å²) in [6.45, 7) is 3.08. The lowest BCUT2D eigenvalue weighted by Crippen LogP contribution is -2.28. The smallest absolute Gasteiger partial charge is 0.229 e. The number of rotatable bonds is 3. The third-order valence-electron chi connectivity index (χ3n) is 5.26. The van der Waals surface area contributed by atoms with Crippen LogP contribution in [-0.4, -0.2) is 16.5 Å². The molecule has 0 spiro atoms. The van der Waals surface area contributed by atoms with Crippen LogP contribution in [0.15, 0.2) is 60.7 Å². The molecular weight excluding hydrogens is 308 g/mol. The van der Waals surface area contributed by atoms with Gasteiger partial charge in [0, 0.05) is 29.9 Å². The molecule has 3 aromatic rings. The number of aromatic nitrogens is 2. The van der Waals surface area contributed by atoms with Crippen molar-refractivity contribution in [3.8, 4) is 0 Å². The molecule has 5 rings (SSSR count). The van der Waals surface area contributed by atoms with Gasteiger partial charge in [-0.2, -0.15) is 4.98 Å². The minimum Gasteiger partial charge on any atom is -0.349 e. The topological polar surface area (TPSA) is 41.1 Å². The minimum atomic E-state index is 0.445. The van der Waals surface area contributed by atoms with E-state index < -0.39 is 0 Å². The van der Waals surface area contributed by atoms with Crippen LogP contribution in [0.25, 0.3) is 0 Å². The molecule has 1 aliphatic carbocycles. The molecule has 1 aliphatic heterocycles. The monoisotopic (exact) mass is 328 g/mol. The van der Waals surface area contributed by atoms with Crippen LogP contribution in [0, 0.1) is 6.92 Å². The van der Waals surface area contributed by atoms with E-state index in [-0.39, 0.29) is 0 Å². The van der Waals surface area contributed by atoms with Gasteiger partial charge in [-0.15, -0.1) is 0 Å². The maximum Gasteiger partial charge on any atom is 0.229 e. The number of hydrogen-bond acceptors (Lipinski definition) is 4. The first kappa shape index (κ1) is 14.5. The third-order valence-corrected chi connectivity index (χ3v) is 5.26. The Bertz CT molecular complexity index is 922. The maximum atomic E-state index is 4.81. The molecule has 25 heavy (non-hydrogen) atoms. The molecule has 2 heterocycles. The van der Waals surface area contributed by atoms with Gasteiger partial charge < -0.3 is 10.2 Å². The fraction of sp³-hybridized carbons (Fsp3) is 0.238. The Morgan fingerprint density at radius 2 is 1.72 bits per heavy atom.